The summed E-state index contributed by atoms with van der Waals surface area (Å²) in [6.45, 7) is 1.06. The van der Waals surface area contributed by atoms with Crippen LogP contribution in [0.15, 0.2) is 48.5 Å². The highest BCUT2D eigenvalue weighted by molar-refractivity contribution is 5.94. The molecule has 142 valence electrons. The largest absolute Gasteiger partial charge is 0.452 e. The number of hydrogen-bond donors (Lipinski definition) is 1. The third-order valence-electron chi connectivity index (χ3n) is 3.39. The van der Waals surface area contributed by atoms with E-state index in [2.05, 4.69) is 5.32 Å². The first-order chi connectivity index (χ1) is 12.6. The first-order valence-corrected chi connectivity index (χ1v) is 7.73. The van der Waals surface area contributed by atoms with Crippen molar-refractivity contribution in [2.45, 2.75) is 13.1 Å². The van der Waals surface area contributed by atoms with Crippen molar-refractivity contribution >= 4 is 23.6 Å². The van der Waals surface area contributed by atoms with Crippen molar-refractivity contribution in [2.75, 3.05) is 11.9 Å². The Morgan fingerprint density at radius 1 is 1.11 bits per heavy atom. The minimum absolute atomic E-state index is 0.0399. The van der Waals surface area contributed by atoms with E-state index < -0.39 is 36.0 Å². The zero-order valence-electron chi connectivity index (χ0n) is 14.1. The van der Waals surface area contributed by atoms with Crippen molar-refractivity contribution in [3.63, 3.8) is 0 Å². The van der Waals surface area contributed by atoms with Crippen LogP contribution in [-0.4, -0.2) is 18.5 Å². The molecule has 27 heavy (non-hydrogen) atoms. The Kier molecular flexibility index (Phi) is 6.33. The lowest BCUT2D eigenvalue weighted by atomic mass is 10.1. The number of carbonyl (C=O) groups excluding carboxylic acids is 2. The van der Waals surface area contributed by atoms with Crippen LogP contribution in [0.5, 0.6) is 0 Å². The van der Waals surface area contributed by atoms with Crippen LogP contribution < -0.4 is 5.32 Å². The molecule has 2 aromatic rings. The summed E-state index contributed by atoms with van der Waals surface area (Å²) in [5, 5.41) is 2.27. The monoisotopic (exact) mass is 381 g/mol. The Morgan fingerprint density at radius 2 is 1.78 bits per heavy atom. The number of benzene rings is 2. The highest BCUT2D eigenvalue weighted by Crippen LogP contribution is 2.29. The van der Waals surface area contributed by atoms with Crippen LogP contribution in [0.3, 0.4) is 0 Å². The van der Waals surface area contributed by atoms with Gasteiger partial charge in [0.05, 0.1) is 11.3 Å². The highest BCUT2D eigenvalue weighted by atomic mass is 19.4. The molecule has 1 amide bonds. The van der Waals surface area contributed by atoms with Gasteiger partial charge in [0.2, 0.25) is 0 Å². The van der Waals surface area contributed by atoms with Gasteiger partial charge in [0.25, 0.3) is 5.91 Å². The van der Waals surface area contributed by atoms with Crippen molar-refractivity contribution in [2.24, 2.45) is 0 Å². The molecule has 0 unspecified atom stereocenters. The lowest BCUT2D eigenvalue weighted by molar-refractivity contribution is -0.142. The zero-order chi connectivity index (χ0) is 20.0. The predicted molar refractivity (Wildman–Crippen MR) is 91.2 cm³/mol. The maximum absolute atomic E-state index is 13.6. The maximum Gasteiger partial charge on any atom is 0.416 e. The van der Waals surface area contributed by atoms with Crippen LogP contribution in [-0.2, 0) is 20.5 Å². The summed E-state index contributed by atoms with van der Waals surface area (Å²) in [6.07, 6.45) is -2.21. The molecule has 0 aliphatic carbocycles. The van der Waals surface area contributed by atoms with E-state index in [4.69, 9.17) is 4.74 Å². The summed E-state index contributed by atoms with van der Waals surface area (Å²) >= 11 is 0. The van der Waals surface area contributed by atoms with Crippen molar-refractivity contribution in [1.82, 2.24) is 0 Å². The Bertz CT molecular complexity index is 858. The quantitative estimate of drug-likeness (QED) is 0.476. The fourth-order valence-corrected chi connectivity index (χ4v) is 2.04. The number of hydrogen-bond acceptors (Lipinski definition) is 3. The van der Waals surface area contributed by atoms with Crippen molar-refractivity contribution in [3.05, 3.63) is 71.0 Å². The van der Waals surface area contributed by atoms with Gasteiger partial charge in [-0.1, -0.05) is 18.2 Å². The van der Waals surface area contributed by atoms with Gasteiger partial charge in [-0.15, -0.1) is 0 Å². The molecule has 0 saturated heterocycles. The highest BCUT2D eigenvalue weighted by Gasteiger charge is 2.29. The summed E-state index contributed by atoms with van der Waals surface area (Å²) in [5.41, 5.74) is 0.195. The van der Waals surface area contributed by atoms with E-state index in [1.165, 1.54) is 30.3 Å². The van der Waals surface area contributed by atoms with Crippen LogP contribution in [0, 0.1) is 12.7 Å². The molecule has 1 N–H and O–H groups in total. The second-order valence-corrected chi connectivity index (χ2v) is 5.59. The summed E-state index contributed by atoms with van der Waals surface area (Å²) in [5.74, 6) is -2.21. The fraction of sp³-hybridized carbons (Fsp3) is 0.158. The van der Waals surface area contributed by atoms with Crippen LogP contribution in [0.25, 0.3) is 6.08 Å². The molecule has 0 aromatic heterocycles. The molecular weight excluding hydrogens is 366 g/mol. The molecule has 0 spiro atoms. The summed E-state index contributed by atoms with van der Waals surface area (Å²) in [6, 6.07) is 8.39. The molecule has 2 aromatic carbocycles. The van der Waals surface area contributed by atoms with Gasteiger partial charge in [-0.05, 0) is 48.4 Å². The molecule has 0 atom stereocenters. The smallest absolute Gasteiger partial charge is 0.416 e. The molecular formula is C19H15F4NO3. The van der Waals surface area contributed by atoms with Crippen molar-refractivity contribution in [1.29, 1.82) is 0 Å². The lowest BCUT2D eigenvalue weighted by Gasteiger charge is -2.07. The topological polar surface area (TPSA) is 55.4 Å². The number of amides is 1. The van der Waals surface area contributed by atoms with E-state index in [9.17, 15) is 27.2 Å². The number of esters is 1. The molecule has 4 nitrogen and oxygen atoms in total. The first-order valence-electron chi connectivity index (χ1n) is 7.73. The number of alkyl halides is 3. The second-order valence-electron chi connectivity index (χ2n) is 5.59. The molecule has 0 saturated carbocycles. The Labute approximate surface area is 152 Å². The fourth-order valence-electron chi connectivity index (χ4n) is 2.04. The van der Waals surface area contributed by atoms with Gasteiger partial charge in [-0.2, -0.15) is 13.2 Å². The van der Waals surface area contributed by atoms with E-state index in [1.807, 2.05) is 0 Å². The van der Waals surface area contributed by atoms with Gasteiger partial charge < -0.3 is 10.1 Å². The number of aryl methyl sites for hydroxylation is 1. The lowest BCUT2D eigenvalue weighted by Crippen LogP contribution is -2.20. The first kappa shape index (κ1) is 20.2. The van der Waals surface area contributed by atoms with E-state index >= 15 is 0 Å². The van der Waals surface area contributed by atoms with Gasteiger partial charge in [0, 0.05) is 6.08 Å². The summed E-state index contributed by atoms with van der Waals surface area (Å²) in [7, 11) is 0. The van der Waals surface area contributed by atoms with E-state index in [0.717, 1.165) is 18.2 Å². The standard InChI is InChI=1S/C19H15F4NO3/c1-12-2-8-16(15(20)10-12)24-17(25)11-27-18(26)9-5-13-3-6-14(7-4-13)19(21,22)23/h2-10H,11H2,1H3,(H,24,25)/b9-5+. The second kappa shape index (κ2) is 8.48. The number of ether oxygens (including phenoxy) is 1. The third kappa shape index (κ3) is 6.25. The molecule has 2 rings (SSSR count). The molecule has 0 aliphatic rings. The third-order valence-corrected chi connectivity index (χ3v) is 3.39. The van der Waals surface area contributed by atoms with E-state index in [-0.39, 0.29) is 5.69 Å². The summed E-state index contributed by atoms with van der Waals surface area (Å²) < 4.78 is 55.7. The maximum atomic E-state index is 13.6. The van der Waals surface area contributed by atoms with Crippen LogP contribution in [0.4, 0.5) is 23.2 Å². The summed E-state index contributed by atoms with van der Waals surface area (Å²) in [4.78, 5) is 23.2. The van der Waals surface area contributed by atoms with Gasteiger partial charge in [0.15, 0.2) is 6.61 Å². The molecule has 0 heterocycles. The Hall–Kier alpha value is -3.16. The Balaban J connectivity index is 1.84. The molecule has 0 radical (unpaired) electrons. The van der Waals surface area contributed by atoms with Gasteiger partial charge in [0.1, 0.15) is 5.82 Å². The number of halogens is 4. The normalized spacial score (nSPS) is 11.4. The SMILES string of the molecule is Cc1ccc(NC(=O)COC(=O)/C=C/c2ccc(C(F)(F)F)cc2)c(F)c1. The average Bonchev–Trinajstić information content (AvgIpc) is 2.60. The van der Waals surface area contributed by atoms with Crippen LogP contribution >= 0.6 is 0 Å². The van der Waals surface area contributed by atoms with Gasteiger partial charge in [-0.3, -0.25) is 4.79 Å². The average molecular weight is 381 g/mol. The molecule has 0 fully saturated rings. The molecule has 0 bridgehead atoms. The van der Waals surface area contributed by atoms with Crippen LogP contribution in [0.1, 0.15) is 16.7 Å². The molecule has 8 heteroatoms. The van der Waals surface area contributed by atoms with E-state index in [0.29, 0.717) is 11.1 Å². The van der Waals surface area contributed by atoms with E-state index in [1.54, 1.807) is 13.0 Å². The van der Waals surface area contributed by atoms with Gasteiger partial charge >= 0.3 is 12.1 Å². The Morgan fingerprint density at radius 3 is 2.37 bits per heavy atom. The van der Waals surface area contributed by atoms with Crippen molar-refractivity contribution < 1.29 is 31.9 Å². The number of nitrogens with one attached hydrogen (secondary N) is 1. The zero-order valence-corrected chi connectivity index (χ0v) is 14.1. The number of carbonyl (C=O) groups is 2. The van der Waals surface area contributed by atoms with Gasteiger partial charge in [-0.25, -0.2) is 9.18 Å². The minimum Gasteiger partial charge on any atom is -0.452 e. The number of rotatable bonds is 5. The minimum atomic E-state index is -4.44. The van der Waals surface area contributed by atoms with Crippen LogP contribution in [0.2, 0.25) is 0 Å². The predicted octanol–water partition coefficient (Wildman–Crippen LogP) is 4.35. The van der Waals surface area contributed by atoms with Crippen molar-refractivity contribution in [3.8, 4) is 0 Å². The number of anilines is 1. The molecule has 0 aliphatic heterocycles.